The molecule has 0 aliphatic rings. The van der Waals surface area contributed by atoms with Crippen molar-refractivity contribution < 1.29 is 4.74 Å². The number of nitrogens with zero attached hydrogens (tertiary/aromatic N) is 2. The van der Waals surface area contributed by atoms with Gasteiger partial charge in [0.1, 0.15) is 5.75 Å². The second-order valence-electron chi connectivity index (χ2n) is 3.80. The van der Waals surface area contributed by atoms with Crippen molar-refractivity contribution in [3.05, 3.63) is 51.7 Å². The van der Waals surface area contributed by atoms with Crippen LogP contribution in [0.3, 0.4) is 0 Å². The van der Waals surface area contributed by atoms with E-state index in [1.807, 2.05) is 6.07 Å². The van der Waals surface area contributed by atoms with Gasteiger partial charge in [0.15, 0.2) is 0 Å². The number of nitrogens with two attached hydrogens (primary N) is 1. The number of nitrogen functional groups attached to an aromatic ring is 1. The van der Waals surface area contributed by atoms with Crippen LogP contribution in [-0.4, -0.2) is 16.7 Å². The first kappa shape index (κ1) is 12.4. The second kappa shape index (κ2) is 5.10. The maximum absolute atomic E-state index is 11.5. The quantitative estimate of drug-likeness (QED) is 0.855. The molecule has 1 heterocycles. The van der Waals surface area contributed by atoms with Crippen LogP contribution in [0.15, 0.2) is 35.4 Å². The lowest BCUT2D eigenvalue weighted by Gasteiger charge is -2.08. The molecule has 0 amide bonds. The van der Waals surface area contributed by atoms with Crippen LogP contribution in [0.5, 0.6) is 5.75 Å². The predicted octanol–water partition coefficient (Wildman–Crippen LogP) is 1.54. The lowest BCUT2D eigenvalue weighted by Crippen LogP contribution is -2.22. The van der Waals surface area contributed by atoms with Gasteiger partial charge in [-0.15, -0.1) is 0 Å². The van der Waals surface area contributed by atoms with E-state index in [0.29, 0.717) is 23.0 Å². The third kappa shape index (κ3) is 2.81. The van der Waals surface area contributed by atoms with E-state index in [0.717, 1.165) is 5.56 Å². The molecule has 0 saturated heterocycles. The van der Waals surface area contributed by atoms with Gasteiger partial charge < -0.3 is 10.5 Å². The SMILES string of the molecule is COc1cc(N)cc(Cn2cc(Cl)cnc2=O)c1. The van der Waals surface area contributed by atoms with E-state index < -0.39 is 0 Å². The Hall–Kier alpha value is -2.01. The van der Waals surface area contributed by atoms with Crippen LogP contribution in [0.2, 0.25) is 5.02 Å². The molecule has 6 heteroatoms. The molecule has 94 valence electrons. The van der Waals surface area contributed by atoms with Crippen LogP contribution >= 0.6 is 11.6 Å². The van der Waals surface area contributed by atoms with Crippen LogP contribution in [0, 0.1) is 0 Å². The molecule has 2 N–H and O–H groups in total. The zero-order valence-corrected chi connectivity index (χ0v) is 10.5. The number of anilines is 1. The Morgan fingerprint density at radius 3 is 2.94 bits per heavy atom. The molecule has 2 aromatic rings. The highest BCUT2D eigenvalue weighted by molar-refractivity contribution is 6.30. The Morgan fingerprint density at radius 1 is 1.44 bits per heavy atom. The summed E-state index contributed by atoms with van der Waals surface area (Å²) < 4.78 is 6.53. The summed E-state index contributed by atoms with van der Waals surface area (Å²) in [6, 6.07) is 5.29. The smallest absolute Gasteiger partial charge is 0.347 e. The third-order valence-corrected chi connectivity index (χ3v) is 2.60. The summed E-state index contributed by atoms with van der Waals surface area (Å²) in [5.41, 5.74) is 6.81. The van der Waals surface area contributed by atoms with Crippen molar-refractivity contribution in [1.82, 2.24) is 9.55 Å². The summed E-state index contributed by atoms with van der Waals surface area (Å²) in [6.45, 7) is 0.341. The molecule has 0 atom stereocenters. The summed E-state index contributed by atoms with van der Waals surface area (Å²) in [4.78, 5) is 15.2. The molecule has 0 saturated carbocycles. The lowest BCUT2D eigenvalue weighted by atomic mass is 10.2. The largest absolute Gasteiger partial charge is 0.497 e. The molecule has 0 aliphatic heterocycles. The van der Waals surface area contributed by atoms with Crippen LogP contribution in [0.1, 0.15) is 5.56 Å². The van der Waals surface area contributed by atoms with Crippen molar-refractivity contribution in [2.75, 3.05) is 12.8 Å². The minimum atomic E-state index is -0.360. The Labute approximate surface area is 109 Å². The Morgan fingerprint density at radius 2 is 2.22 bits per heavy atom. The molecule has 0 aliphatic carbocycles. The maximum Gasteiger partial charge on any atom is 0.347 e. The normalized spacial score (nSPS) is 10.3. The van der Waals surface area contributed by atoms with E-state index >= 15 is 0 Å². The molecule has 0 spiro atoms. The number of rotatable bonds is 3. The fourth-order valence-corrected chi connectivity index (χ4v) is 1.80. The number of hydrogen-bond donors (Lipinski definition) is 1. The van der Waals surface area contributed by atoms with Crippen LogP contribution in [-0.2, 0) is 6.54 Å². The first-order valence-corrected chi connectivity index (χ1v) is 5.61. The molecule has 1 aromatic carbocycles. The standard InChI is InChI=1S/C12H12ClN3O2/c1-18-11-3-8(2-10(14)4-11)6-16-7-9(13)5-15-12(16)17/h2-5,7H,6,14H2,1H3. The molecular weight excluding hydrogens is 254 g/mol. The Bertz CT molecular complexity index is 625. The highest BCUT2D eigenvalue weighted by atomic mass is 35.5. The van der Waals surface area contributed by atoms with Gasteiger partial charge >= 0.3 is 5.69 Å². The minimum absolute atomic E-state index is 0.341. The highest BCUT2D eigenvalue weighted by Crippen LogP contribution is 2.19. The first-order valence-electron chi connectivity index (χ1n) is 5.24. The lowest BCUT2D eigenvalue weighted by molar-refractivity contribution is 0.414. The topological polar surface area (TPSA) is 70.1 Å². The summed E-state index contributed by atoms with van der Waals surface area (Å²) in [6.07, 6.45) is 2.85. The fraction of sp³-hybridized carbons (Fsp3) is 0.167. The summed E-state index contributed by atoms with van der Waals surface area (Å²) >= 11 is 5.80. The number of hydrogen-bond acceptors (Lipinski definition) is 4. The number of halogens is 1. The number of ether oxygens (including phenoxy) is 1. The van der Waals surface area contributed by atoms with E-state index in [-0.39, 0.29) is 5.69 Å². The van der Waals surface area contributed by atoms with Gasteiger partial charge in [-0.3, -0.25) is 4.57 Å². The van der Waals surface area contributed by atoms with Crippen molar-refractivity contribution in [2.45, 2.75) is 6.54 Å². The predicted molar refractivity (Wildman–Crippen MR) is 70.0 cm³/mol. The van der Waals surface area contributed by atoms with Crippen LogP contribution in [0.25, 0.3) is 0 Å². The molecule has 0 radical (unpaired) electrons. The molecule has 0 bridgehead atoms. The molecule has 18 heavy (non-hydrogen) atoms. The minimum Gasteiger partial charge on any atom is -0.497 e. The molecule has 1 aromatic heterocycles. The molecule has 0 fully saturated rings. The number of methoxy groups -OCH3 is 1. The van der Waals surface area contributed by atoms with Crippen LogP contribution < -0.4 is 16.2 Å². The molecule has 5 nitrogen and oxygen atoms in total. The van der Waals surface area contributed by atoms with Gasteiger partial charge in [-0.05, 0) is 17.7 Å². The summed E-state index contributed by atoms with van der Waals surface area (Å²) in [5, 5.41) is 0.408. The first-order chi connectivity index (χ1) is 8.58. The zero-order chi connectivity index (χ0) is 13.1. The van der Waals surface area contributed by atoms with Gasteiger partial charge in [-0.2, -0.15) is 0 Å². The summed E-state index contributed by atoms with van der Waals surface area (Å²) in [7, 11) is 1.56. The van der Waals surface area contributed by atoms with E-state index in [2.05, 4.69) is 4.98 Å². The Balaban J connectivity index is 2.36. The van der Waals surface area contributed by atoms with E-state index in [1.54, 1.807) is 19.2 Å². The van der Waals surface area contributed by atoms with Gasteiger partial charge in [0.05, 0.1) is 24.9 Å². The average Bonchev–Trinajstić information content (AvgIpc) is 2.33. The molecule has 0 unspecified atom stereocenters. The van der Waals surface area contributed by atoms with Crippen molar-refractivity contribution in [1.29, 1.82) is 0 Å². The highest BCUT2D eigenvalue weighted by Gasteiger charge is 2.03. The monoisotopic (exact) mass is 265 g/mol. The van der Waals surface area contributed by atoms with Crippen molar-refractivity contribution in [3.63, 3.8) is 0 Å². The van der Waals surface area contributed by atoms with Crippen molar-refractivity contribution in [3.8, 4) is 5.75 Å². The Kier molecular flexibility index (Phi) is 3.53. The van der Waals surface area contributed by atoms with Gasteiger partial charge in [-0.1, -0.05) is 11.6 Å². The van der Waals surface area contributed by atoms with Gasteiger partial charge in [-0.25, -0.2) is 9.78 Å². The molecular formula is C12H12ClN3O2. The van der Waals surface area contributed by atoms with E-state index in [9.17, 15) is 4.79 Å². The van der Waals surface area contributed by atoms with Gasteiger partial charge in [0.25, 0.3) is 0 Å². The van der Waals surface area contributed by atoms with Crippen molar-refractivity contribution in [2.24, 2.45) is 0 Å². The fourth-order valence-electron chi connectivity index (χ4n) is 1.63. The zero-order valence-electron chi connectivity index (χ0n) is 9.76. The van der Waals surface area contributed by atoms with Crippen LogP contribution in [0.4, 0.5) is 5.69 Å². The average molecular weight is 266 g/mol. The second-order valence-corrected chi connectivity index (χ2v) is 4.23. The maximum atomic E-state index is 11.5. The van der Waals surface area contributed by atoms with Crippen molar-refractivity contribution >= 4 is 17.3 Å². The van der Waals surface area contributed by atoms with Gasteiger partial charge in [0, 0.05) is 18.0 Å². The molecule has 2 rings (SSSR count). The number of aromatic nitrogens is 2. The number of benzene rings is 1. The third-order valence-electron chi connectivity index (χ3n) is 2.40. The van der Waals surface area contributed by atoms with E-state index in [4.69, 9.17) is 22.1 Å². The van der Waals surface area contributed by atoms with Gasteiger partial charge in [0.2, 0.25) is 0 Å². The summed E-state index contributed by atoms with van der Waals surface area (Å²) in [5.74, 6) is 0.646. The van der Waals surface area contributed by atoms with E-state index in [1.165, 1.54) is 17.0 Å².